The first-order valence-corrected chi connectivity index (χ1v) is 9.23. The maximum absolute atomic E-state index is 13.2. The number of nitrogens with zero attached hydrogens (tertiary/aromatic N) is 2. The van der Waals surface area contributed by atoms with Gasteiger partial charge in [-0.15, -0.1) is 0 Å². The molecule has 3 rings (SSSR count). The number of ether oxygens (including phenoxy) is 1. The number of hydrogen-bond donors (Lipinski definition) is 0. The number of rotatable bonds is 3. The molecule has 0 saturated carbocycles. The summed E-state index contributed by atoms with van der Waals surface area (Å²) < 4.78 is 5.49. The van der Waals surface area contributed by atoms with Gasteiger partial charge < -0.3 is 9.64 Å². The molecule has 2 heterocycles. The van der Waals surface area contributed by atoms with Crippen molar-refractivity contribution in [3.63, 3.8) is 0 Å². The van der Waals surface area contributed by atoms with Crippen LogP contribution in [0.3, 0.4) is 0 Å². The Bertz CT molecular complexity index is 735. The maximum Gasteiger partial charge on any atom is 0.265 e. The van der Waals surface area contributed by atoms with Crippen molar-refractivity contribution < 1.29 is 19.1 Å². The maximum atomic E-state index is 13.2. The van der Waals surface area contributed by atoms with Crippen molar-refractivity contribution in [2.45, 2.75) is 65.1 Å². The zero-order valence-electron chi connectivity index (χ0n) is 15.8. The van der Waals surface area contributed by atoms with Crippen molar-refractivity contribution in [1.29, 1.82) is 0 Å². The van der Waals surface area contributed by atoms with Crippen LogP contribution in [0.15, 0.2) is 18.2 Å². The largest absolute Gasteiger partial charge is 0.482 e. The summed E-state index contributed by atoms with van der Waals surface area (Å²) in [6.45, 7) is 7.24. The van der Waals surface area contributed by atoms with Gasteiger partial charge in [0.15, 0.2) is 12.4 Å². The zero-order chi connectivity index (χ0) is 19.0. The van der Waals surface area contributed by atoms with Gasteiger partial charge in [0.05, 0.1) is 5.69 Å². The van der Waals surface area contributed by atoms with Gasteiger partial charge in [-0.1, -0.05) is 0 Å². The van der Waals surface area contributed by atoms with Crippen LogP contribution >= 0.6 is 0 Å². The Labute approximate surface area is 154 Å². The SMILES string of the molecule is CC(=O)c1ccc2c(c1)N(C(C)C(=O)N1C(C)CCCC1C)C(=O)CO2. The fraction of sp³-hybridized carbons (Fsp3) is 0.550. The molecule has 0 aromatic heterocycles. The molecule has 1 fully saturated rings. The number of benzene rings is 1. The van der Waals surface area contributed by atoms with Gasteiger partial charge in [-0.3, -0.25) is 19.3 Å². The molecule has 2 aliphatic heterocycles. The summed E-state index contributed by atoms with van der Waals surface area (Å²) in [6, 6.07) is 4.68. The van der Waals surface area contributed by atoms with Gasteiger partial charge in [0.25, 0.3) is 5.91 Å². The van der Waals surface area contributed by atoms with Crippen molar-refractivity contribution in [3.05, 3.63) is 23.8 Å². The predicted octanol–water partition coefficient (Wildman–Crippen LogP) is 2.79. The van der Waals surface area contributed by atoms with E-state index in [4.69, 9.17) is 4.74 Å². The van der Waals surface area contributed by atoms with Crippen LogP contribution in [0.1, 0.15) is 57.3 Å². The normalized spacial score (nSPS) is 23.9. The first kappa shape index (κ1) is 18.4. The van der Waals surface area contributed by atoms with Crippen LogP contribution in [0.25, 0.3) is 0 Å². The molecule has 3 atom stereocenters. The number of amides is 2. The van der Waals surface area contributed by atoms with E-state index in [2.05, 4.69) is 13.8 Å². The lowest BCUT2D eigenvalue weighted by Crippen LogP contribution is -2.57. The highest BCUT2D eigenvalue weighted by Gasteiger charge is 2.38. The van der Waals surface area contributed by atoms with Crippen molar-refractivity contribution in [1.82, 2.24) is 4.90 Å². The number of Topliss-reactive ketones (excluding diaryl/α,β-unsaturated/α-hetero) is 1. The Morgan fingerprint density at radius 3 is 2.46 bits per heavy atom. The fourth-order valence-corrected chi connectivity index (χ4v) is 4.00. The molecule has 0 bridgehead atoms. The van der Waals surface area contributed by atoms with Gasteiger partial charge in [-0.25, -0.2) is 0 Å². The molecule has 0 aliphatic carbocycles. The molecule has 1 aromatic rings. The number of piperidine rings is 1. The third kappa shape index (κ3) is 3.20. The first-order valence-electron chi connectivity index (χ1n) is 9.23. The van der Waals surface area contributed by atoms with Crippen molar-refractivity contribution in [2.75, 3.05) is 11.5 Å². The number of anilines is 1. The van der Waals surface area contributed by atoms with E-state index < -0.39 is 6.04 Å². The van der Waals surface area contributed by atoms with Crippen molar-refractivity contribution in [2.24, 2.45) is 0 Å². The van der Waals surface area contributed by atoms with E-state index >= 15 is 0 Å². The Kier molecular flexibility index (Phi) is 5.03. The van der Waals surface area contributed by atoms with Crippen molar-refractivity contribution >= 4 is 23.3 Å². The van der Waals surface area contributed by atoms with Crippen LogP contribution in [0, 0.1) is 0 Å². The minimum absolute atomic E-state index is 0.0564. The second kappa shape index (κ2) is 7.09. The Morgan fingerprint density at radius 2 is 1.85 bits per heavy atom. The number of carbonyl (C=O) groups is 3. The number of ketones is 1. The Balaban J connectivity index is 1.95. The van der Waals surface area contributed by atoms with Gasteiger partial charge in [-0.2, -0.15) is 0 Å². The summed E-state index contributed by atoms with van der Waals surface area (Å²) in [7, 11) is 0. The molecule has 0 spiro atoms. The molecule has 26 heavy (non-hydrogen) atoms. The summed E-state index contributed by atoms with van der Waals surface area (Å²) in [5, 5.41) is 0. The van der Waals surface area contributed by atoms with Gasteiger partial charge in [0.2, 0.25) is 5.91 Å². The minimum Gasteiger partial charge on any atom is -0.482 e. The highest BCUT2D eigenvalue weighted by Crippen LogP contribution is 2.35. The molecular formula is C20H26N2O4. The molecule has 140 valence electrons. The first-order chi connectivity index (χ1) is 12.3. The van der Waals surface area contributed by atoms with Crippen LogP contribution < -0.4 is 9.64 Å². The lowest BCUT2D eigenvalue weighted by atomic mass is 9.96. The molecule has 6 heteroatoms. The van der Waals surface area contributed by atoms with Crippen LogP contribution in [-0.4, -0.2) is 47.2 Å². The van der Waals surface area contributed by atoms with E-state index in [-0.39, 0.29) is 36.3 Å². The van der Waals surface area contributed by atoms with E-state index in [1.165, 1.54) is 11.8 Å². The Morgan fingerprint density at radius 1 is 1.19 bits per heavy atom. The molecule has 0 N–H and O–H groups in total. The van der Waals surface area contributed by atoms with Crippen LogP contribution in [0.4, 0.5) is 5.69 Å². The summed E-state index contributed by atoms with van der Waals surface area (Å²) in [5.41, 5.74) is 0.985. The molecular weight excluding hydrogens is 332 g/mol. The number of likely N-dealkylation sites (tertiary alicyclic amines) is 1. The average Bonchev–Trinajstić information content (AvgIpc) is 2.60. The number of hydrogen-bond acceptors (Lipinski definition) is 4. The third-order valence-electron chi connectivity index (χ3n) is 5.44. The van der Waals surface area contributed by atoms with E-state index in [1.54, 1.807) is 25.1 Å². The minimum atomic E-state index is -0.643. The standard InChI is InChI=1S/C20H26N2O4/c1-12-6-5-7-13(2)21(12)20(25)14(3)22-17-10-16(15(4)23)8-9-18(17)26-11-19(22)24/h8-10,12-14H,5-7,11H2,1-4H3. The van der Waals surface area contributed by atoms with Crippen LogP contribution in [-0.2, 0) is 9.59 Å². The monoisotopic (exact) mass is 358 g/mol. The highest BCUT2D eigenvalue weighted by molar-refractivity contribution is 6.05. The van der Waals surface area contributed by atoms with Crippen LogP contribution in [0.2, 0.25) is 0 Å². The lowest BCUT2D eigenvalue weighted by molar-refractivity contribution is -0.140. The van der Waals surface area contributed by atoms with Gasteiger partial charge >= 0.3 is 0 Å². The van der Waals surface area contributed by atoms with E-state index in [1.807, 2.05) is 4.90 Å². The topological polar surface area (TPSA) is 66.9 Å². The summed E-state index contributed by atoms with van der Waals surface area (Å²) in [4.78, 5) is 40.9. The smallest absolute Gasteiger partial charge is 0.265 e. The highest BCUT2D eigenvalue weighted by atomic mass is 16.5. The summed E-state index contributed by atoms with van der Waals surface area (Å²) in [6.07, 6.45) is 3.07. The summed E-state index contributed by atoms with van der Waals surface area (Å²) >= 11 is 0. The quantitative estimate of drug-likeness (QED) is 0.779. The molecule has 1 aromatic carbocycles. The van der Waals surface area contributed by atoms with Gasteiger partial charge in [0.1, 0.15) is 11.8 Å². The fourth-order valence-electron chi connectivity index (χ4n) is 4.00. The molecule has 2 aliphatic rings. The second-order valence-electron chi connectivity index (χ2n) is 7.34. The summed E-state index contributed by atoms with van der Waals surface area (Å²) in [5.74, 6) is 0.104. The third-order valence-corrected chi connectivity index (χ3v) is 5.44. The Hall–Kier alpha value is -2.37. The molecule has 3 unspecified atom stereocenters. The van der Waals surface area contributed by atoms with Gasteiger partial charge in [-0.05, 0) is 65.2 Å². The molecule has 1 saturated heterocycles. The predicted molar refractivity (Wildman–Crippen MR) is 98.5 cm³/mol. The second-order valence-corrected chi connectivity index (χ2v) is 7.34. The molecule has 6 nitrogen and oxygen atoms in total. The average molecular weight is 358 g/mol. The lowest BCUT2D eigenvalue weighted by Gasteiger charge is -2.43. The van der Waals surface area contributed by atoms with Crippen LogP contribution in [0.5, 0.6) is 5.75 Å². The van der Waals surface area contributed by atoms with Gasteiger partial charge in [0, 0.05) is 17.6 Å². The molecule has 2 amide bonds. The van der Waals surface area contributed by atoms with E-state index in [0.717, 1.165) is 19.3 Å². The number of fused-ring (bicyclic) bond motifs is 1. The zero-order valence-corrected chi connectivity index (χ0v) is 15.8. The van der Waals surface area contributed by atoms with E-state index in [9.17, 15) is 14.4 Å². The number of carbonyl (C=O) groups excluding carboxylic acids is 3. The molecule has 0 radical (unpaired) electrons. The van der Waals surface area contributed by atoms with Crippen molar-refractivity contribution in [3.8, 4) is 5.75 Å². The van der Waals surface area contributed by atoms with E-state index in [0.29, 0.717) is 17.0 Å².